The van der Waals surface area contributed by atoms with Gasteiger partial charge in [-0.2, -0.15) is 4.31 Å². The molecule has 1 fully saturated rings. The average molecular weight is 472 g/mol. The van der Waals surface area contributed by atoms with Gasteiger partial charge in [0.1, 0.15) is 11.8 Å². The predicted molar refractivity (Wildman–Crippen MR) is 113 cm³/mol. The Morgan fingerprint density at radius 3 is 2.41 bits per heavy atom. The van der Waals surface area contributed by atoms with Crippen LogP contribution in [0.5, 0.6) is 5.75 Å². The van der Waals surface area contributed by atoms with Crippen molar-refractivity contribution in [2.24, 2.45) is 11.7 Å². The highest BCUT2D eigenvalue weighted by molar-refractivity contribution is 7.89. The van der Waals surface area contributed by atoms with Gasteiger partial charge in [-0.15, -0.1) is 0 Å². The molecule has 0 aromatic heterocycles. The molecule has 3 atom stereocenters. The van der Waals surface area contributed by atoms with Gasteiger partial charge in [0.2, 0.25) is 21.8 Å². The van der Waals surface area contributed by atoms with E-state index in [4.69, 9.17) is 15.7 Å². The summed E-state index contributed by atoms with van der Waals surface area (Å²) < 4.78 is 32.1. The number of ether oxygens (including phenoxy) is 1. The molecule has 178 valence electrons. The van der Waals surface area contributed by atoms with Crippen molar-refractivity contribution in [3.8, 4) is 5.75 Å². The van der Waals surface area contributed by atoms with Gasteiger partial charge in [0, 0.05) is 12.6 Å². The number of nitrogens with zero attached hydrogens (tertiary/aromatic N) is 1. The number of rotatable bonds is 9. The van der Waals surface area contributed by atoms with Gasteiger partial charge in [-0.05, 0) is 36.6 Å². The molecule has 0 unspecified atom stereocenters. The second kappa shape index (κ2) is 10.7. The molecule has 0 bridgehead atoms. The van der Waals surface area contributed by atoms with Gasteiger partial charge in [0.05, 0.1) is 24.6 Å². The molecule has 1 aliphatic heterocycles. The van der Waals surface area contributed by atoms with Crippen molar-refractivity contribution in [1.29, 1.82) is 0 Å². The Bertz CT molecular complexity index is 936. The second-order valence-corrected chi connectivity index (χ2v) is 9.62. The Hall–Kier alpha value is -2.74. The number of amides is 3. The molecule has 6 N–H and O–H groups in total. The summed E-state index contributed by atoms with van der Waals surface area (Å²) in [6.45, 7) is 3.00. The number of nitrogens with two attached hydrogens (primary N) is 1. The number of nitrogens with one attached hydrogen (secondary N) is 3. The van der Waals surface area contributed by atoms with Crippen LogP contribution < -0.4 is 26.6 Å². The lowest BCUT2D eigenvalue weighted by molar-refractivity contribution is -0.132. The van der Waals surface area contributed by atoms with Crippen molar-refractivity contribution in [2.75, 3.05) is 20.2 Å². The Kier molecular flexibility index (Phi) is 8.55. The summed E-state index contributed by atoms with van der Waals surface area (Å²) in [5, 5.41) is 14.1. The third-order valence-electron chi connectivity index (χ3n) is 5.14. The summed E-state index contributed by atoms with van der Waals surface area (Å²) in [7, 11) is -2.67. The van der Waals surface area contributed by atoms with Gasteiger partial charge < -0.3 is 21.1 Å². The minimum Gasteiger partial charge on any atom is -0.497 e. The van der Waals surface area contributed by atoms with Crippen LogP contribution in [0.2, 0.25) is 0 Å². The molecule has 0 radical (unpaired) electrons. The number of benzene rings is 1. The van der Waals surface area contributed by atoms with E-state index in [1.165, 1.54) is 36.9 Å². The third kappa shape index (κ3) is 5.94. The van der Waals surface area contributed by atoms with Crippen molar-refractivity contribution < 1.29 is 32.7 Å². The highest BCUT2D eigenvalue weighted by Gasteiger charge is 2.44. The molecule has 1 heterocycles. The topological polar surface area (TPSA) is 180 Å². The van der Waals surface area contributed by atoms with E-state index in [9.17, 15) is 22.8 Å². The Balaban J connectivity index is 2.10. The van der Waals surface area contributed by atoms with Crippen LogP contribution in [-0.4, -0.2) is 74.0 Å². The number of carbonyl (C=O) groups is 3. The van der Waals surface area contributed by atoms with E-state index in [-0.39, 0.29) is 30.3 Å². The molecule has 13 heteroatoms. The maximum absolute atomic E-state index is 13.1. The van der Waals surface area contributed by atoms with E-state index in [1.807, 2.05) is 0 Å². The van der Waals surface area contributed by atoms with Crippen molar-refractivity contribution in [2.45, 2.75) is 43.3 Å². The molecule has 1 aromatic carbocycles. The molecule has 1 aromatic rings. The average Bonchev–Trinajstić information content (AvgIpc) is 3.20. The summed E-state index contributed by atoms with van der Waals surface area (Å²) in [5.74, 6) is -1.62. The highest BCUT2D eigenvalue weighted by Crippen LogP contribution is 2.27. The van der Waals surface area contributed by atoms with E-state index < -0.39 is 45.9 Å². The number of hydrogen-bond acceptors (Lipinski definition) is 8. The van der Waals surface area contributed by atoms with Crippen molar-refractivity contribution in [3.63, 3.8) is 0 Å². The number of methoxy groups -OCH3 is 1. The van der Waals surface area contributed by atoms with E-state index in [0.717, 1.165) is 4.31 Å². The van der Waals surface area contributed by atoms with E-state index in [2.05, 4.69) is 10.6 Å². The van der Waals surface area contributed by atoms with Crippen LogP contribution in [0.15, 0.2) is 29.2 Å². The van der Waals surface area contributed by atoms with Gasteiger partial charge in [0.25, 0.3) is 5.91 Å². The van der Waals surface area contributed by atoms with Gasteiger partial charge in [-0.25, -0.2) is 13.9 Å². The smallest absolute Gasteiger partial charge is 0.261 e. The molecule has 1 saturated heterocycles. The first-order valence-corrected chi connectivity index (χ1v) is 11.4. The summed E-state index contributed by atoms with van der Waals surface area (Å²) >= 11 is 0. The second-order valence-electron chi connectivity index (χ2n) is 7.73. The maximum atomic E-state index is 13.1. The fraction of sp³-hybridized carbons (Fsp3) is 0.526. The lowest BCUT2D eigenvalue weighted by atomic mass is 10.1. The molecule has 1 aliphatic rings. The Morgan fingerprint density at radius 2 is 1.88 bits per heavy atom. The normalized spacial score (nSPS) is 19.9. The van der Waals surface area contributed by atoms with Crippen molar-refractivity contribution >= 4 is 27.7 Å². The van der Waals surface area contributed by atoms with Crippen LogP contribution in [0.4, 0.5) is 0 Å². The van der Waals surface area contributed by atoms with Gasteiger partial charge in [-0.1, -0.05) is 13.8 Å². The monoisotopic (exact) mass is 471 g/mol. The van der Waals surface area contributed by atoms with Crippen LogP contribution in [0.1, 0.15) is 20.3 Å². The zero-order chi connectivity index (χ0) is 24.1. The summed E-state index contributed by atoms with van der Waals surface area (Å²) in [5.41, 5.74) is 7.19. The molecular weight excluding hydrogens is 442 g/mol. The molecule has 2 rings (SSSR count). The largest absolute Gasteiger partial charge is 0.497 e. The minimum absolute atomic E-state index is 0.0625. The van der Waals surface area contributed by atoms with E-state index in [0.29, 0.717) is 5.75 Å². The van der Waals surface area contributed by atoms with Crippen LogP contribution in [-0.2, 0) is 24.4 Å². The lowest BCUT2D eigenvalue weighted by Crippen LogP contribution is -2.48. The number of sulfonamides is 1. The van der Waals surface area contributed by atoms with Crippen molar-refractivity contribution in [1.82, 2.24) is 20.4 Å². The summed E-state index contributed by atoms with van der Waals surface area (Å²) in [4.78, 5) is 36.2. The predicted octanol–water partition coefficient (Wildman–Crippen LogP) is -1.45. The van der Waals surface area contributed by atoms with Crippen molar-refractivity contribution in [3.05, 3.63) is 24.3 Å². The van der Waals surface area contributed by atoms with Crippen LogP contribution in [0, 0.1) is 5.92 Å². The first kappa shape index (κ1) is 25.5. The fourth-order valence-corrected chi connectivity index (χ4v) is 4.88. The first-order chi connectivity index (χ1) is 15.0. The Morgan fingerprint density at radius 1 is 1.25 bits per heavy atom. The molecule has 0 spiro atoms. The quantitative estimate of drug-likeness (QED) is 0.214. The SMILES string of the molecule is COc1ccc(S(=O)(=O)N2C[C@@H](NC(=O)CNC(=O)[C@@H](N)C(C)C)C[C@H]2C(=O)NO)cc1. The number of hydrogen-bond donors (Lipinski definition) is 5. The highest BCUT2D eigenvalue weighted by atomic mass is 32.2. The molecule has 0 aliphatic carbocycles. The minimum atomic E-state index is -4.11. The van der Waals surface area contributed by atoms with Crippen LogP contribution >= 0.6 is 0 Å². The fourth-order valence-electron chi connectivity index (χ4n) is 3.24. The first-order valence-electron chi connectivity index (χ1n) is 9.93. The van der Waals surface area contributed by atoms with Gasteiger partial charge in [-0.3, -0.25) is 19.6 Å². The maximum Gasteiger partial charge on any atom is 0.261 e. The number of carbonyl (C=O) groups excluding carboxylic acids is 3. The zero-order valence-corrected chi connectivity index (χ0v) is 18.9. The molecule has 12 nitrogen and oxygen atoms in total. The van der Waals surface area contributed by atoms with Crippen LogP contribution in [0.3, 0.4) is 0 Å². The lowest BCUT2D eigenvalue weighted by Gasteiger charge is -2.22. The number of hydroxylamine groups is 1. The van der Waals surface area contributed by atoms with Gasteiger partial charge in [0.15, 0.2) is 0 Å². The molecule has 3 amide bonds. The Labute approximate surface area is 186 Å². The van der Waals surface area contributed by atoms with E-state index >= 15 is 0 Å². The summed E-state index contributed by atoms with van der Waals surface area (Å²) in [6, 6.07) is 2.89. The summed E-state index contributed by atoms with van der Waals surface area (Å²) in [6.07, 6.45) is -0.0625. The molecule has 0 saturated carbocycles. The molecule has 32 heavy (non-hydrogen) atoms. The standard InChI is InChI=1S/C19H29N5O7S/c1-11(2)17(20)19(27)21-9-16(25)22-12-8-15(18(26)23-28)24(10-12)32(29,30)14-6-4-13(31-3)5-7-14/h4-7,11-12,15,17,28H,8-10,20H2,1-3H3,(H,21,27)(H,22,25)(H,23,26)/t12-,15-,17-/m0/s1. The van der Waals surface area contributed by atoms with Crippen LogP contribution in [0.25, 0.3) is 0 Å². The molecular formula is C19H29N5O7S. The van der Waals surface area contributed by atoms with Gasteiger partial charge >= 0.3 is 0 Å². The zero-order valence-electron chi connectivity index (χ0n) is 18.1. The third-order valence-corrected chi connectivity index (χ3v) is 7.03. The van der Waals surface area contributed by atoms with E-state index in [1.54, 1.807) is 13.8 Å².